The van der Waals surface area contributed by atoms with E-state index in [1.165, 1.54) is 57.9 Å². The van der Waals surface area contributed by atoms with Crippen LogP contribution in [0.15, 0.2) is 0 Å². The van der Waals surface area contributed by atoms with Gasteiger partial charge >= 0.3 is 0 Å². The zero-order valence-corrected chi connectivity index (χ0v) is 10.3. The van der Waals surface area contributed by atoms with Crippen LogP contribution in [0.5, 0.6) is 0 Å². The first-order valence-electron chi connectivity index (χ1n) is 7.24. The lowest BCUT2D eigenvalue weighted by molar-refractivity contribution is 0.000651. The molecule has 0 amide bonds. The highest BCUT2D eigenvalue weighted by Gasteiger charge is 2.50. The monoisotopic (exact) mass is 223 g/mol. The largest absolute Gasteiger partial charge is 0.381 e. The molecule has 2 heterocycles. The number of nitrogens with one attached hydrogen (secondary N) is 1. The maximum atomic E-state index is 5.74. The van der Waals surface area contributed by atoms with Crippen LogP contribution in [0.25, 0.3) is 0 Å². The van der Waals surface area contributed by atoms with Crippen molar-refractivity contribution in [3.05, 3.63) is 0 Å². The van der Waals surface area contributed by atoms with Crippen LogP contribution in [0.2, 0.25) is 0 Å². The molecule has 2 saturated heterocycles. The van der Waals surface area contributed by atoms with Gasteiger partial charge in [-0.3, -0.25) is 0 Å². The van der Waals surface area contributed by atoms with Crippen molar-refractivity contribution in [2.45, 2.75) is 56.9 Å². The first-order chi connectivity index (χ1) is 7.92. The molecule has 0 aromatic rings. The second-order valence-corrected chi connectivity index (χ2v) is 5.97. The van der Waals surface area contributed by atoms with Gasteiger partial charge in [-0.05, 0) is 51.0 Å². The van der Waals surface area contributed by atoms with Gasteiger partial charge in [0.05, 0.1) is 6.61 Å². The van der Waals surface area contributed by atoms with Gasteiger partial charge < -0.3 is 10.1 Å². The predicted octanol–water partition coefficient (Wildman–Crippen LogP) is 2.73. The molecule has 3 rings (SSSR count). The van der Waals surface area contributed by atoms with E-state index in [-0.39, 0.29) is 0 Å². The van der Waals surface area contributed by atoms with Crippen molar-refractivity contribution in [2.24, 2.45) is 11.8 Å². The second kappa shape index (κ2) is 4.66. The predicted molar refractivity (Wildman–Crippen MR) is 65.5 cm³/mol. The van der Waals surface area contributed by atoms with Crippen molar-refractivity contribution in [1.82, 2.24) is 5.32 Å². The minimum Gasteiger partial charge on any atom is -0.381 e. The molecule has 0 bridgehead atoms. The Bertz CT molecular complexity index is 223. The number of hydrogen-bond donors (Lipinski definition) is 1. The van der Waals surface area contributed by atoms with Crippen LogP contribution in [0, 0.1) is 11.8 Å². The van der Waals surface area contributed by atoms with Crippen LogP contribution in [0.4, 0.5) is 0 Å². The van der Waals surface area contributed by atoms with Crippen LogP contribution >= 0.6 is 0 Å². The second-order valence-electron chi connectivity index (χ2n) is 5.97. The molecule has 0 spiro atoms. The topological polar surface area (TPSA) is 21.3 Å². The Morgan fingerprint density at radius 1 is 0.938 bits per heavy atom. The number of ether oxygens (including phenoxy) is 1. The highest BCUT2D eigenvalue weighted by molar-refractivity contribution is 5.06. The molecule has 0 radical (unpaired) electrons. The van der Waals surface area contributed by atoms with Gasteiger partial charge in [0.25, 0.3) is 0 Å². The molecular formula is C14H25NO. The van der Waals surface area contributed by atoms with Crippen LogP contribution in [0.3, 0.4) is 0 Å². The summed E-state index contributed by atoms with van der Waals surface area (Å²) in [6.45, 7) is 3.26. The third kappa shape index (κ3) is 2.02. The highest BCUT2D eigenvalue weighted by atomic mass is 16.5. The van der Waals surface area contributed by atoms with Gasteiger partial charge in [0.15, 0.2) is 0 Å². The molecule has 1 N–H and O–H groups in total. The molecular weight excluding hydrogens is 198 g/mol. The molecule has 16 heavy (non-hydrogen) atoms. The molecule has 1 aliphatic carbocycles. The average Bonchev–Trinajstić information content (AvgIpc) is 3.17. The summed E-state index contributed by atoms with van der Waals surface area (Å²) in [6.07, 6.45) is 11.2. The Labute approximate surface area is 99.1 Å². The summed E-state index contributed by atoms with van der Waals surface area (Å²) >= 11 is 0. The third-order valence-corrected chi connectivity index (χ3v) is 4.92. The Balaban J connectivity index is 1.76. The number of hydrogen-bond acceptors (Lipinski definition) is 2. The summed E-state index contributed by atoms with van der Waals surface area (Å²) in [5.74, 6) is 1.77. The molecule has 2 atom stereocenters. The summed E-state index contributed by atoms with van der Waals surface area (Å²) in [4.78, 5) is 0. The van der Waals surface area contributed by atoms with Crippen molar-refractivity contribution in [2.75, 3.05) is 19.8 Å². The molecule has 0 aromatic carbocycles. The third-order valence-electron chi connectivity index (χ3n) is 4.92. The van der Waals surface area contributed by atoms with Crippen molar-refractivity contribution in [3.63, 3.8) is 0 Å². The first-order valence-corrected chi connectivity index (χ1v) is 7.24. The molecule has 2 heteroatoms. The quantitative estimate of drug-likeness (QED) is 0.777. The summed E-state index contributed by atoms with van der Waals surface area (Å²) in [7, 11) is 0. The van der Waals surface area contributed by atoms with Crippen LogP contribution < -0.4 is 5.32 Å². The van der Waals surface area contributed by atoms with Crippen molar-refractivity contribution in [1.29, 1.82) is 0 Å². The standard InChI is InChI=1S/C14H25NO/c1-2-8-14(12-6-7-12,15-9-3-1)13-5-4-10-16-11-13/h12-13,15H,1-11H2. The van der Waals surface area contributed by atoms with E-state index >= 15 is 0 Å². The fourth-order valence-corrected chi connectivity index (χ4v) is 3.90. The Hall–Kier alpha value is -0.0800. The molecule has 2 nitrogen and oxygen atoms in total. The van der Waals surface area contributed by atoms with Crippen molar-refractivity contribution >= 4 is 0 Å². The SMILES string of the molecule is C1CCNC(C2CC2)(C2CCCOC2)CC1. The van der Waals surface area contributed by atoms with Gasteiger partial charge in [-0.25, -0.2) is 0 Å². The summed E-state index contributed by atoms with van der Waals surface area (Å²) in [6, 6.07) is 0. The van der Waals surface area contributed by atoms with Crippen LogP contribution in [0.1, 0.15) is 51.4 Å². The molecule has 0 aromatic heterocycles. The van der Waals surface area contributed by atoms with Gasteiger partial charge in [-0.1, -0.05) is 12.8 Å². The van der Waals surface area contributed by atoms with Gasteiger partial charge in [-0.15, -0.1) is 0 Å². The lowest BCUT2D eigenvalue weighted by atomic mass is 9.74. The molecule has 92 valence electrons. The summed E-state index contributed by atoms with van der Waals surface area (Å²) in [5.41, 5.74) is 0.469. The Morgan fingerprint density at radius 2 is 1.88 bits per heavy atom. The molecule has 3 aliphatic rings. The normalized spacial score (nSPS) is 41.6. The van der Waals surface area contributed by atoms with E-state index in [1.54, 1.807) is 0 Å². The smallest absolute Gasteiger partial charge is 0.0512 e. The zero-order valence-electron chi connectivity index (χ0n) is 10.3. The summed E-state index contributed by atoms with van der Waals surface area (Å²) < 4.78 is 5.74. The van der Waals surface area contributed by atoms with Gasteiger partial charge in [0.2, 0.25) is 0 Å². The average molecular weight is 223 g/mol. The molecule has 2 aliphatic heterocycles. The van der Waals surface area contributed by atoms with E-state index in [1.807, 2.05) is 0 Å². The molecule has 3 fully saturated rings. The lowest BCUT2D eigenvalue weighted by Gasteiger charge is -2.43. The maximum Gasteiger partial charge on any atom is 0.0512 e. The minimum absolute atomic E-state index is 0.469. The first kappa shape index (κ1) is 11.0. The van der Waals surface area contributed by atoms with Crippen LogP contribution in [-0.4, -0.2) is 25.3 Å². The van der Waals surface area contributed by atoms with E-state index in [4.69, 9.17) is 4.74 Å². The van der Waals surface area contributed by atoms with Gasteiger partial charge in [-0.2, -0.15) is 0 Å². The van der Waals surface area contributed by atoms with E-state index in [9.17, 15) is 0 Å². The minimum atomic E-state index is 0.469. The number of rotatable bonds is 2. The van der Waals surface area contributed by atoms with Gasteiger partial charge in [0, 0.05) is 18.1 Å². The summed E-state index contributed by atoms with van der Waals surface area (Å²) in [5, 5.41) is 3.95. The van der Waals surface area contributed by atoms with Crippen molar-refractivity contribution < 1.29 is 4.74 Å². The molecule has 2 unspecified atom stereocenters. The zero-order chi connectivity index (χ0) is 10.8. The van der Waals surface area contributed by atoms with E-state index in [0.717, 1.165) is 25.0 Å². The van der Waals surface area contributed by atoms with Crippen LogP contribution in [-0.2, 0) is 4.74 Å². The fraction of sp³-hybridized carbons (Fsp3) is 1.00. The van der Waals surface area contributed by atoms with E-state index in [0.29, 0.717) is 5.54 Å². The Kier molecular flexibility index (Phi) is 3.21. The maximum absolute atomic E-state index is 5.74. The molecule has 1 saturated carbocycles. The van der Waals surface area contributed by atoms with Crippen molar-refractivity contribution in [3.8, 4) is 0 Å². The fourth-order valence-electron chi connectivity index (χ4n) is 3.90. The van der Waals surface area contributed by atoms with E-state index < -0.39 is 0 Å². The van der Waals surface area contributed by atoms with E-state index in [2.05, 4.69) is 5.32 Å². The van der Waals surface area contributed by atoms with Gasteiger partial charge in [0.1, 0.15) is 0 Å². The highest BCUT2D eigenvalue weighted by Crippen LogP contribution is 2.49. The lowest BCUT2D eigenvalue weighted by Crippen LogP contribution is -2.55. The Morgan fingerprint density at radius 3 is 2.62 bits per heavy atom.